The fourth-order valence-corrected chi connectivity index (χ4v) is 3.28. The number of H-pyrrole nitrogens is 1. The molecule has 0 saturated carbocycles. The molecule has 3 rings (SSSR count). The summed E-state index contributed by atoms with van der Waals surface area (Å²) in [4.78, 5) is 32.1. The highest BCUT2D eigenvalue weighted by Crippen LogP contribution is 2.32. The number of thioether (sulfide) groups is 1. The Labute approximate surface area is 126 Å². The highest BCUT2D eigenvalue weighted by atomic mass is 32.2. The Balaban J connectivity index is 1.73. The number of benzene rings is 1. The molecule has 0 bridgehead atoms. The fraction of sp³-hybridized carbons (Fsp3) is 0.267. The Morgan fingerprint density at radius 1 is 1.43 bits per heavy atom. The molecule has 2 aromatic rings. The molecule has 5 nitrogen and oxygen atoms in total. The van der Waals surface area contributed by atoms with Crippen LogP contribution in [0.3, 0.4) is 0 Å². The van der Waals surface area contributed by atoms with E-state index in [1.807, 2.05) is 30.0 Å². The van der Waals surface area contributed by atoms with Gasteiger partial charge in [-0.1, -0.05) is 30.0 Å². The monoisotopic (exact) mass is 301 g/mol. The Hall–Kier alpha value is -2.08. The number of carbonyl (C=O) groups excluding carboxylic acids is 1. The van der Waals surface area contributed by atoms with Crippen LogP contribution in [-0.4, -0.2) is 27.7 Å². The van der Waals surface area contributed by atoms with Crippen LogP contribution in [0.4, 0.5) is 5.69 Å². The predicted molar refractivity (Wildman–Crippen MR) is 82.7 cm³/mol. The molecule has 0 aliphatic carbocycles. The van der Waals surface area contributed by atoms with Gasteiger partial charge in [0.1, 0.15) is 0 Å². The first-order valence-corrected chi connectivity index (χ1v) is 7.72. The lowest BCUT2D eigenvalue weighted by atomic mass is 10.1. The van der Waals surface area contributed by atoms with Crippen molar-refractivity contribution in [3.8, 4) is 0 Å². The van der Waals surface area contributed by atoms with Gasteiger partial charge in [0.05, 0.1) is 5.75 Å². The summed E-state index contributed by atoms with van der Waals surface area (Å²) in [7, 11) is 0. The summed E-state index contributed by atoms with van der Waals surface area (Å²) < 4.78 is 0. The largest absolute Gasteiger partial charge is 0.308 e. The van der Waals surface area contributed by atoms with E-state index in [1.165, 1.54) is 29.6 Å². The van der Waals surface area contributed by atoms with E-state index in [9.17, 15) is 9.59 Å². The quantitative estimate of drug-likeness (QED) is 0.694. The van der Waals surface area contributed by atoms with Crippen LogP contribution in [-0.2, 0) is 11.2 Å². The van der Waals surface area contributed by atoms with Gasteiger partial charge in [0.15, 0.2) is 5.16 Å². The van der Waals surface area contributed by atoms with Gasteiger partial charge in [-0.3, -0.25) is 9.59 Å². The van der Waals surface area contributed by atoms with Gasteiger partial charge in [-0.05, 0) is 25.0 Å². The van der Waals surface area contributed by atoms with Gasteiger partial charge in [0.2, 0.25) is 5.91 Å². The maximum Gasteiger partial charge on any atom is 0.251 e. The average molecular weight is 301 g/mol. The molecule has 1 amide bonds. The third kappa shape index (κ3) is 2.85. The first kappa shape index (κ1) is 13.9. The Morgan fingerprint density at radius 3 is 3.05 bits per heavy atom. The first-order valence-electron chi connectivity index (χ1n) is 6.73. The van der Waals surface area contributed by atoms with E-state index in [2.05, 4.69) is 16.0 Å². The van der Waals surface area contributed by atoms with Crippen LogP contribution in [0.5, 0.6) is 0 Å². The van der Waals surface area contributed by atoms with Crippen molar-refractivity contribution >= 4 is 23.4 Å². The molecule has 1 aliphatic rings. The van der Waals surface area contributed by atoms with E-state index >= 15 is 0 Å². The minimum Gasteiger partial charge on any atom is -0.308 e. The molecule has 2 heterocycles. The van der Waals surface area contributed by atoms with Crippen molar-refractivity contribution in [2.45, 2.75) is 24.5 Å². The highest BCUT2D eigenvalue weighted by molar-refractivity contribution is 7.99. The van der Waals surface area contributed by atoms with Crippen LogP contribution in [0.25, 0.3) is 0 Å². The normalized spacial score (nSPS) is 16.8. The molecule has 108 valence electrons. The first-order chi connectivity index (χ1) is 10.1. The van der Waals surface area contributed by atoms with E-state index in [0.29, 0.717) is 5.16 Å². The summed E-state index contributed by atoms with van der Waals surface area (Å²) in [6, 6.07) is 9.49. The lowest BCUT2D eigenvalue weighted by Crippen LogP contribution is -2.37. The number of amides is 1. The van der Waals surface area contributed by atoms with Crippen molar-refractivity contribution in [3.05, 3.63) is 52.4 Å². The minimum atomic E-state index is -0.208. The molecule has 0 radical (unpaired) electrons. The van der Waals surface area contributed by atoms with Crippen LogP contribution < -0.4 is 10.5 Å². The van der Waals surface area contributed by atoms with Crippen LogP contribution in [0.2, 0.25) is 0 Å². The van der Waals surface area contributed by atoms with E-state index < -0.39 is 0 Å². The molecule has 1 atom stereocenters. The van der Waals surface area contributed by atoms with Crippen LogP contribution in [0.15, 0.2) is 46.5 Å². The molecule has 1 N–H and O–H groups in total. The number of nitrogens with zero attached hydrogens (tertiary/aromatic N) is 2. The number of rotatable bonds is 3. The summed E-state index contributed by atoms with van der Waals surface area (Å²) >= 11 is 1.25. The number of para-hydroxylation sites is 1. The number of hydrogen-bond acceptors (Lipinski definition) is 4. The number of nitrogens with one attached hydrogen (secondary N) is 1. The van der Waals surface area contributed by atoms with Crippen molar-refractivity contribution in [2.75, 3.05) is 10.7 Å². The number of aromatic nitrogens is 2. The van der Waals surface area contributed by atoms with Gasteiger partial charge in [0.25, 0.3) is 5.56 Å². The maximum absolute atomic E-state index is 12.5. The summed E-state index contributed by atoms with van der Waals surface area (Å²) in [5, 5.41) is 0.469. The topological polar surface area (TPSA) is 66.1 Å². The summed E-state index contributed by atoms with van der Waals surface area (Å²) in [5.74, 6) is 0.287. The van der Waals surface area contributed by atoms with Crippen molar-refractivity contribution in [2.24, 2.45) is 0 Å². The van der Waals surface area contributed by atoms with Gasteiger partial charge in [-0.25, -0.2) is 4.98 Å². The van der Waals surface area contributed by atoms with Crippen molar-refractivity contribution < 1.29 is 4.79 Å². The zero-order valence-electron chi connectivity index (χ0n) is 11.6. The minimum absolute atomic E-state index is 0.0314. The summed E-state index contributed by atoms with van der Waals surface area (Å²) in [6.07, 6.45) is 2.33. The molecular formula is C15H15N3O2S. The third-order valence-electron chi connectivity index (χ3n) is 3.46. The molecular weight excluding hydrogens is 286 g/mol. The van der Waals surface area contributed by atoms with Crippen LogP contribution >= 0.6 is 11.8 Å². The Bertz CT molecular complexity index is 729. The predicted octanol–water partition coefficient (Wildman–Crippen LogP) is 1.84. The third-order valence-corrected chi connectivity index (χ3v) is 4.33. The average Bonchev–Trinajstić information content (AvgIpc) is 2.81. The lowest BCUT2D eigenvalue weighted by Gasteiger charge is -2.22. The summed E-state index contributed by atoms with van der Waals surface area (Å²) in [6.45, 7) is 2.05. The van der Waals surface area contributed by atoms with E-state index in [1.54, 1.807) is 0 Å². The zero-order chi connectivity index (χ0) is 14.8. The molecule has 1 aromatic heterocycles. The second kappa shape index (κ2) is 5.73. The highest BCUT2D eigenvalue weighted by Gasteiger charge is 2.30. The molecule has 1 aliphatic heterocycles. The standard InChI is InChI=1S/C15H15N3O2S/c1-10-8-11-4-2-3-5-12(11)18(10)14(20)9-21-15-16-7-6-13(19)17-15/h2-7,10H,8-9H2,1H3,(H,16,17,19)/t10-/m0/s1. The molecule has 0 unspecified atom stereocenters. The second-order valence-electron chi connectivity index (χ2n) is 4.97. The molecule has 0 spiro atoms. The van der Waals surface area contributed by atoms with Crippen molar-refractivity contribution in [1.29, 1.82) is 0 Å². The van der Waals surface area contributed by atoms with Gasteiger partial charge >= 0.3 is 0 Å². The van der Waals surface area contributed by atoms with E-state index in [-0.39, 0.29) is 23.3 Å². The van der Waals surface area contributed by atoms with Gasteiger partial charge < -0.3 is 9.88 Å². The molecule has 6 heteroatoms. The number of aromatic amines is 1. The zero-order valence-corrected chi connectivity index (χ0v) is 12.4. The van der Waals surface area contributed by atoms with Crippen LogP contribution in [0, 0.1) is 0 Å². The maximum atomic E-state index is 12.5. The SMILES string of the molecule is C[C@H]1Cc2ccccc2N1C(=O)CSc1nccc(=O)[nH]1. The van der Waals surface area contributed by atoms with Crippen molar-refractivity contribution in [1.82, 2.24) is 9.97 Å². The Morgan fingerprint density at radius 2 is 2.24 bits per heavy atom. The lowest BCUT2D eigenvalue weighted by molar-refractivity contribution is -0.116. The van der Waals surface area contributed by atoms with Gasteiger partial charge in [0, 0.05) is 24.0 Å². The summed E-state index contributed by atoms with van der Waals surface area (Å²) in [5.41, 5.74) is 1.99. The molecule has 0 fully saturated rings. The number of hydrogen-bond donors (Lipinski definition) is 1. The fourth-order valence-electron chi connectivity index (χ4n) is 2.57. The Kier molecular flexibility index (Phi) is 3.79. The van der Waals surface area contributed by atoms with Crippen molar-refractivity contribution in [3.63, 3.8) is 0 Å². The number of carbonyl (C=O) groups is 1. The van der Waals surface area contributed by atoms with Gasteiger partial charge in [-0.2, -0.15) is 0 Å². The smallest absolute Gasteiger partial charge is 0.251 e. The number of fused-ring (bicyclic) bond motifs is 1. The second-order valence-corrected chi connectivity index (χ2v) is 5.94. The number of anilines is 1. The molecule has 21 heavy (non-hydrogen) atoms. The molecule has 0 saturated heterocycles. The van der Waals surface area contributed by atoms with Gasteiger partial charge in [-0.15, -0.1) is 0 Å². The van der Waals surface area contributed by atoms with E-state index in [4.69, 9.17) is 0 Å². The molecule has 1 aromatic carbocycles. The van der Waals surface area contributed by atoms with Crippen LogP contribution in [0.1, 0.15) is 12.5 Å². The van der Waals surface area contributed by atoms with E-state index in [0.717, 1.165) is 12.1 Å².